The molecular formula is C4H8FNO3S. The maximum Gasteiger partial charge on any atom is 0.336 e. The summed E-state index contributed by atoms with van der Waals surface area (Å²) in [5.41, 5.74) is 0. The minimum Gasteiger partial charge on any atom is -0.273 e. The Balaban J connectivity index is 2.62. The van der Waals surface area contributed by atoms with Gasteiger partial charge in [0.25, 0.3) is 0 Å². The Labute approximate surface area is 58.5 Å². The zero-order valence-corrected chi connectivity index (χ0v) is 6.01. The van der Waals surface area contributed by atoms with Gasteiger partial charge < -0.3 is 0 Å². The van der Waals surface area contributed by atoms with E-state index in [0.717, 1.165) is 4.31 Å². The summed E-state index contributed by atoms with van der Waals surface area (Å²) in [6.45, 7) is -0.126. The first-order valence-corrected chi connectivity index (χ1v) is 4.26. The molecule has 0 aromatic rings. The molecule has 0 radical (unpaired) electrons. The van der Waals surface area contributed by atoms with Gasteiger partial charge in [-0.1, -0.05) is 0 Å². The van der Waals surface area contributed by atoms with Crippen LogP contribution in [0.2, 0.25) is 0 Å². The number of halogens is 1. The van der Waals surface area contributed by atoms with E-state index in [0.29, 0.717) is 0 Å². The summed E-state index contributed by atoms with van der Waals surface area (Å²) in [6.07, 6.45) is -0.943. The fraction of sp³-hybridized carbons (Fsp3) is 1.00. The molecule has 0 aromatic heterocycles. The molecule has 0 aromatic carbocycles. The van der Waals surface area contributed by atoms with Crippen molar-refractivity contribution in [1.29, 1.82) is 0 Å². The van der Waals surface area contributed by atoms with Crippen molar-refractivity contribution in [2.75, 3.05) is 13.1 Å². The van der Waals surface area contributed by atoms with Crippen LogP contribution in [0.4, 0.5) is 4.39 Å². The van der Waals surface area contributed by atoms with Gasteiger partial charge in [-0.25, -0.2) is 4.39 Å². The molecule has 0 spiro atoms. The van der Waals surface area contributed by atoms with Gasteiger partial charge in [0, 0.05) is 13.1 Å². The second-order valence-electron chi connectivity index (χ2n) is 2.22. The zero-order valence-electron chi connectivity index (χ0n) is 5.20. The summed E-state index contributed by atoms with van der Waals surface area (Å²) >= 11 is 0. The Morgan fingerprint density at radius 1 is 1.60 bits per heavy atom. The maximum absolute atomic E-state index is 12.3. The average Bonchev–Trinajstić information content (AvgIpc) is 2.11. The van der Waals surface area contributed by atoms with Crippen molar-refractivity contribution in [2.24, 2.45) is 0 Å². The molecule has 0 unspecified atom stereocenters. The van der Waals surface area contributed by atoms with Crippen molar-refractivity contribution < 1.29 is 17.4 Å². The highest BCUT2D eigenvalue weighted by molar-refractivity contribution is 7.83. The first-order valence-electron chi connectivity index (χ1n) is 2.87. The van der Waals surface area contributed by atoms with Gasteiger partial charge in [-0.15, -0.1) is 0 Å². The number of alkyl halides is 1. The molecule has 1 atom stereocenters. The van der Waals surface area contributed by atoms with E-state index in [-0.39, 0.29) is 19.5 Å². The summed E-state index contributed by atoms with van der Waals surface area (Å²) in [5.74, 6) is 0. The molecule has 0 saturated carbocycles. The molecule has 60 valence electrons. The second kappa shape index (κ2) is 2.44. The molecule has 0 amide bonds. The highest BCUT2D eigenvalue weighted by Crippen LogP contribution is 2.14. The number of hydrogen-bond donors (Lipinski definition) is 1. The Bertz CT molecular complexity index is 215. The number of hydrogen-bond acceptors (Lipinski definition) is 2. The third kappa shape index (κ3) is 1.65. The molecule has 1 fully saturated rings. The molecule has 0 bridgehead atoms. The van der Waals surface area contributed by atoms with Gasteiger partial charge in [0.2, 0.25) is 0 Å². The Morgan fingerprint density at radius 3 is 2.40 bits per heavy atom. The molecule has 1 aliphatic heterocycles. The molecule has 1 heterocycles. The third-order valence-corrected chi connectivity index (χ3v) is 2.40. The first-order chi connectivity index (χ1) is 4.50. The molecule has 1 rings (SSSR count). The molecular weight excluding hydrogens is 161 g/mol. The highest BCUT2D eigenvalue weighted by atomic mass is 32.2. The van der Waals surface area contributed by atoms with Crippen molar-refractivity contribution in [2.45, 2.75) is 12.6 Å². The average molecular weight is 169 g/mol. The minimum absolute atomic E-state index is 0.0833. The lowest BCUT2D eigenvalue weighted by molar-refractivity contribution is 0.329. The monoisotopic (exact) mass is 169 g/mol. The van der Waals surface area contributed by atoms with Crippen LogP contribution in [0.1, 0.15) is 6.42 Å². The predicted octanol–water partition coefficient (Wildman–Crippen LogP) is -0.167. The molecule has 1 saturated heterocycles. The van der Waals surface area contributed by atoms with Crippen LogP contribution in [-0.2, 0) is 10.3 Å². The fourth-order valence-corrected chi connectivity index (χ4v) is 1.58. The molecule has 1 N–H and O–H groups in total. The normalized spacial score (nSPS) is 29.2. The van der Waals surface area contributed by atoms with E-state index in [9.17, 15) is 12.8 Å². The van der Waals surface area contributed by atoms with Crippen LogP contribution < -0.4 is 0 Å². The van der Waals surface area contributed by atoms with Crippen LogP contribution in [0.15, 0.2) is 0 Å². The van der Waals surface area contributed by atoms with E-state index in [1.54, 1.807) is 0 Å². The van der Waals surface area contributed by atoms with Crippen LogP contribution >= 0.6 is 0 Å². The first kappa shape index (κ1) is 7.90. The van der Waals surface area contributed by atoms with Gasteiger partial charge in [-0.2, -0.15) is 12.7 Å². The van der Waals surface area contributed by atoms with E-state index >= 15 is 0 Å². The molecule has 4 nitrogen and oxygen atoms in total. The summed E-state index contributed by atoms with van der Waals surface area (Å²) in [4.78, 5) is 0. The second-order valence-corrected chi connectivity index (χ2v) is 3.63. The Hall–Kier alpha value is -0.200. The lowest BCUT2D eigenvalue weighted by Gasteiger charge is -2.07. The van der Waals surface area contributed by atoms with E-state index in [1.165, 1.54) is 0 Å². The van der Waals surface area contributed by atoms with Crippen LogP contribution in [-0.4, -0.2) is 36.5 Å². The largest absolute Gasteiger partial charge is 0.336 e. The van der Waals surface area contributed by atoms with Crippen molar-refractivity contribution in [3.63, 3.8) is 0 Å². The highest BCUT2D eigenvalue weighted by Gasteiger charge is 2.29. The minimum atomic E-state index is -4.14. The quantitative estimate of drug-likeness (QED) is 0.554. The van der Waals surface area contributed by atoms with Gasteiger partial charge in [-0.05, 0) is 6.42 Å². The van der Waals surface area contributed by atoms with Gasteiger partial charge in [0.1, 0.15) is 6.17 Å². The summed E-state index contributed by atoms with van der Waals surface area (Å²) in [5, 5.41) is 0. The topological polar surface area (TPSA) is 57.6 Å². The Kier molecular flexibility index (Phi) is 1.93. The van der Waals surface area contributed by atoms with E-state index < -0.39 is 16.5 Å². The lowest BCUT2D eigenvalue weighted by atomic mass is 10.4. The van der Waals surface area contributed by atoms with E-state index in [4.69, 9.17) is 4.55 Å². The van der Waals surface area contributed by atoms with Gasteiger partial charge in [0.15, 0.2) is 0 Å². The van der Waals surface area contributed by atoms with Crippen molar-refractivity contribution >= 4 is 10.3 Å². The van der Waals surface area contributed by atoms with Crippen LogP contribution in [0.3, 0.4) is 0 Å². The van der Waals surface area contributed by atoms with Crippen LogP contribution in [0.5, 0.6) is 0 Å². The lowest BCUT2D eigenvalue weighted by Crippen LogP contribution is -2.28. The number of rotatable bonds is 1. The fourth-order valence-electron chi connectivity index (χ4n) is 0.897. The van der Waals surface area contributed by atoms with Gasteiger partial charge >= 0.3 is 10.3 Å². The third-order valence-electron chi connectivity index (χ3n) is 1.42. The smallest absolute Gasteiger partial charge is 0.273 e. The van der Waals surface area contributed by atoms with Gasteiger partial charge in [-0.3, -0.25) is 4.55 Å². The molecule has 6 heteroatoms. The van der Waals surface area contributed by atoms with Crippen LogP contribution in [0, 0.1) is 0 Å². The summed E-state index contributed by atoms with van der Waals surface area (Å²) in [7, 11) is -4.14. The SMILES string of the molecule is O=S(=O)(O)N1CC[C@@H](F)C1. The van der Waals surface area contributed by atoms with Crippen molar-refractivity contribution in [3.8, 4) is 0 Å². The standard InChI is InChI=1S/C4H8FNO3S/c5-4-1-2-6(3-4)10(7,8)9/h4H,1-3H2,(H,7,8,9)/t4-/m1/s1. The van der Waals surface area contributed by atoms with Gasteiger partial charge in [0.05, 0.1) is 0 Å². The van der Waals surface area contributed by atoms with E-state index in [2.05, 4.69) is 0 Å². The van der Waals surface area contributed by atoms with E-state index in [1.807, 2.05) is 0 Å². The molecule has 10 heavy (non-hydrogen) atoms. The zero-order chi connectivity index (χ0) is 7.78. The Morgan fingerprint density at radius 2 is 2.20 bits per heavy atom. The van der Waals surface area contributed by atoms with Crippen LogP contribution in [0.25, 0.3) is 0 Å². The summed E-state index contributed by atoms with van der Waals surface area (Å²) in [6, 6.07) is 0. The van der Waals surface area contributed by atoms with Crippen molar-refractivity contribution in [1.82, 2.24) is 4.31 Å². The number of nitrogens with zero attached hydrogens (tertiary/aromatic N) is 1. The molecule has 0 aliphatic carbocycles. The summed E-state index contributed by atoms with van der Waals surface area (Å²) < 4.78 is 42.0. The molecule has 1 aliphatic rings. The van der Waals surface area contributed by atoms with Crippen molar-refractivity contribution in [3.05, 3.63) is 0 Å². The predicted molar refractivity (Wildman–Crippen MR) is 32.6 cm³/mol. The maximum atomic E-state index is 12.3.